The number of carbonyl (C=O) groups excluding carboxylic acids is 1. The lowest BCUT2D eigenvalue weighted by Gasteiger charge is -2.13. The fourth-order valence-electron chi connectivity index (χ4n) is 1.55. The standard InChI is InChI=1S/C9H10O2/c1-6-7-4-2-3-5-8(7)11-9(6)10/h2,4,8H,3,5H2,1H3. The van der Waals surface area contributed by atoms with Crippen LogP contribution in [0.2, 0.25) is 0 Å². The average Bonchev–Trinajstić information content (AvgIpc) is 2.30. The second-order valence-electron chi connectivity index (χ2n) is 2.95. The summed E-state index contributed by atoms with van der Waals surface area (Å²) >= 11 is 0. The zero-order valence-electron chi connectivity index (χ0n) is 6.46. The van der Waals surface area contributed by atoms with E-state index in [0.29, 0.717) is 0 Å². The molecule has 1 atom stereocenters. The summed E-state index contributed by atoms with van der Waals surface area (Å²) in [6.07, 6.45) is 6.14. The molecule has 2 heteroatoms. The van der Waals surface area contributed by atoms with Gasteiger partial charge in [-0.2, -0.15) is 0 Å². The number of fused-ring (bicyclic) bond motifs is 1. The second kappa shape index (κ2) is 2.22. The van der Waals surface area contributed by atoms with Crippen LogP contribution in [0, 0.1) is 0 Å². The maximum atomic E-state index is 11.0. The summed E-state index contributed by atoms with van der Waals surface area (Å²) in [5.41, 5.74) is 1.87. The summed E-state index contributed by atoms with van der Waals surface area (Å²) in [5, 5.41) is 0. The average molecular weight is 150 g/mol. The van der Waals surface area contributed by atoms with Crippen molar-refractivity contribution >= 4 is 5.97 Å². The molecule has 2 nitrogen and oxygen atoms in total. The van der Waals surface area contributed by atoms with E-state index in [1.165, 1.54) is 0 Å². The highest BCUT2D eigenvalue weighted by molar-refractivity contribution is 5.92. The Morgan fingerprint density at radius 2 is 2.45 bits per heavy atom. The Morgan fingerprint density at radius 1 is 1.64 bits per heavy atom. The zero-order valence-corrected chi connectivity index (χ0v) is 6.46. The number of hydrogen-bond acceptors (Lipinski definition) is 2. The van der Waals surface area contributed by atoms with E-state index in [0.717, 1.165) is 24.0 Å². The Balaban J connectivity index is 2.41. The zero-order chi connectivity index (χ0) is 7.84. The molecule has 58 valence electrons. The first-order chi connectivity index (χ1) is 5.29. The van der Waals surface area contributed by atoms with Crippen molar-refractivity contribution in [3.63, 3.8) is 0 Å². The van der Waals surface area contributed by atoms with Crippen LogP contribution in [0.25, 0.3) is 0 Å². The maximum absolute atomic E-state index is 11.0. The first kappa shape index (κ1) is 6.65. The smallest absolute Gasteiger partial charge is 0.334 e. The van der Waals surface area contributed by atoms with E-state index in [1.54, 1.807) is 0 Å². The lowest BCUT2D eigenvalue weighted by molar-refractivity contribution is -0.139. The van der Waals surface area contributed by atoms with Crippen LogP contribution in [0.5, 0.6) is 0 Å². The summed E-state index contributed by atoms with van der Waals surface area (Å²) in [6, 6.07) is 0. The molecule has 2 rings (SSSR count). The predicted octanol–water partition coefficient (Wildman–Crippen LogP) is 1.58. The van der Waals surface area contributed by atoms with E-state index >= 15 is 0 Å². The third-order valence-corrected chi connectivity index (χ3v) is 2.23. The van der Waals surface area contributed by atoms with Crippen LogP contribution in [0.3, 0.4) is 0 Å². The van der Waals surface area contributed by atoms with Crippen LogP contribution >= 0.6 is 0 Å². The minimum Gasteiger partial charge on any atom is -0.454 e. The molecule has 0 amide bonds. The lowest BCUT2D eigenvalue weighted by Crippen LogP contribution is -2.12. The highest BCUT2D eigenvalue weighted by atomic mass is 16.5. The number of esters is 1. The van der Waals surface area contributed by atoms with E-state index in [9.17, 15) is 4.79 Å². The van der Waals surface area contributed by atoms with Crippen LogP contribution in [0.4, 0.5) is 0 Å². The van der Waals surface area contributed by atoms with Crippen LogP contribution < -0.4 is 0 Å². The molecular weight excluding hydrogens is 140 g/mol. The topological polar surface area (TPSA) is 26.3 Å². The molecule has 0 radical (unpaired) electrons. The van der Waals surface area contributed by atoms with Gasteiger partial charge in [0.1, 0.15) is 6.10 Å². The summed E-state index contributed by atoms with van der Waals surface area (Å²) in [6.45, 7) is 1.83. The maximum Gasteiger partial charge on any atom is 0.334 e. The van der Waals surface area contributed by atoms with Crippen LogP contribution in [-0.2, 0) is 9.53 Å². The van der Waals surface area contributed by atoms with Gasteiger partial charge in [-0.1, -0.05) is 12.2 Å². The van der Waals surface area contributed by atoms with Crippen molar-refractivity contribution in [2.75, 3.05) is 0 Å². The summed E-state index contributed by atoms with van der Waals surface area (Å²) in [7, 11) is 0. The Kier molecular flexibility index (Phi) is 1.34. The van der Waals surface area contributed by atoms with Gasteiger partial charge in [0, 0.05) is 11.1 Å². The van der Waals surface area contributed by atoms with E-state index in [-0.39, 0.29) is 12.1 Å². The predicted molar refractivity (Wildman–Crippen MR) is 41.0 cm³/mol. The van der Waals surface area contributed by atoms with Gasteiger partial charge in [-0.15, -0.1) is 0 Å². The summed E-state index contributed by atoms with van der Waals surface area (Å²) < 4.78 is 5.11. The van der Waals surface area contributed by atoms with Crippen molar-refractivity contribution in [3.05, 3.63) is 23.3 Å². The number of hydrogen-bond donors (Lipinski definition) is 0. The van der Waals surface area contributed by atoms with E-state index < -0.39 is 0 Å². The van der Waals surface area contributed by atoms with Crippen molar-refractivity contribution < 1.29 is 9.53 Å². The Hall–Kier alpha value is -1.05. The van der Waals surface area contributed by atoms with Gasteiger partial charge < -0.3 is 4.74 Å². The van der Waals surface area contributed by atoms with Gasteiger partial charge >= 0.3 is 5.97 Å². The Morgan fingerprint density at radius 3 is 3.18 bits per heavy atom. The number of allylic oxidation sites excluding steroid dienone is 1. The molecule has 0 aromatic carbocycles. The lowest BCUT2D eigenvalue weighted by atomic mass is 9.97. The van der Waals surface area contributed by atoms with Crippen molar-refractivity contribution in [2.24, 2.45) is 0 Å². The molecule has 0 spiro atoms. The molecule has 0 saturated heterocycles. The normalized spacial score (nSPS) is 28.8. The molecule has 1 heterocycles. The van der Waals surface area contributed by atoms with Gasteiger partial charge in [0.25, 0.3) is 0 Å². The Labute approximate surface area is 65.5 Å². The third-order valence-electron chi connectivity index (χ3n) is 2.23. The molecule has 1 unspecified atom stereocenters. The van der Waals surface area contributed by atoms with Crippen LogP contribution in [0.1, 0.15) is 19.8 Å². The summed E-state index contributed by atoms with van der Waals surface area (Å²) in [4.78, 5) is 11.0. The molecule has 0 aromatic rings. The number of rotatable bonds is 0. The molecule has 0 N–H and O–H groups in total. The van der Waals surface area contributed by atoms with Crippen molar-refractivity contribution in [2.45, 2.75) is 25.9 Å². The number of carbonyl (C=O) groups is 1. The molecule has 0 fully saturated rings. The quantitative estimate of drug-likeness (QED) is 0.490. The van der Waals surface area contributed by atoms with Crippen molar-refractivity contribution in [3.8, 4) is 0 Å². The Bertz CT molecular complexity index is 261. The molecule has 2 aliphatic rings. The van der Waals surface area contributed by atoms with Gasteiger partial charge in [0.15, 0.2) is 0 Å². The summed E-state index contributed by atoms with van der Waals surface area (Å²) in [5.74, 6) is -0.142. The van der Waals surface area contributed by atoms with Gasteiger partial charge in [-0.25, -0.2) is 4.79 Å². The third kappa shape index (κ3) is 0.897. The van der Waals surface area contributed by atoms with Gasteiger partial charge in [-0.3, -0.25) is 0 Å². The fourth-order valence-corrected chi connectivity index (χ4v) is 1.55. The van der Waals surface area contributed by atoms with Gasteiger partial charge in [0.2, 0.25) is 0 Å². The van der Waals surface area contributed by atoms with Crippen LogP contribution in [-0.4, -0.2) is 12.1 Å². The van der Waals surface area contributed by atoms with E-state index in [2.05, 4.69) is 6.08 Å². The first-order valence-electron chi connectivity index (χ1n) is 3.87. The first-order valence-corrected chi connectivity index (χ1v) is 3.87. The number of ether oxygens (including phenoxy) is 1. The molecule has 0 saturated carbocycles. The molecule has 0 aromatic heterocycles. The highest BCUT2D eigenvalue weighted by Crippen LogP contribution is 2.29. The fraction of sp³-hybridized carbons (Fsp3) is 0.444. The molecule has 1 aliphatic carbocycles. The molecule has 0 bridgehead atoms. The van der Waals surface area contributed by atoms with Crippen molar-refractivity contribution in [1.82, 2.24) is 0 Å². The molecule has 1 aliphatic heterocycles. The monoisotopic (exact) mass is 150 g/mol. The molecule has 11 heavy (non-hydrogen) atoms. The van der Waals surface area contributed by atoms with Crippen LogP contribution in [0.15, 0.2) is 23.3 Å². The highest BCUT2D eigenvalue weighted by Gasteiger charge is 2.30. The van der Waals surface area contributed by atoms with Gasteiger partial charge in [0.05, 0.1) is 0 Å². The molecular formula is C9H10O2. The minimum absolute atomic E-state index is 0.0625. The van der Waals surface area contributed by atoms with Gasteiger partial charge in [-0.05, 0) is 19.8 Å². The SMILES string of the molecule is CC1=C2C=CCCC2OC1=O. The van der Waals surface area contributed by atoms with E-state index in [4.69, 9.17) is 4.74 Å². The minimum atomic E-state index is -0.142. The van der Waals surface area contributed by atoms with E-state index in [1.807, 2.05) is 13.0 Å². The second-order valence-corrected chi connectivity index (χ2v) is 2.95. The van der Waals surface area contributed by atoms with Crippen molar-refractivity contribution in [1.29, 1.82) is 0 Å². The largest absolute Gasteiger partial charge is 0.454 e.